The first kappa shape index (κ1) is 14.5. The average Bonchev–Trinajstić information content (AvgIpc) is 3.00. The zero-order valence-corrected chi connectivity index (χ0v) is 13.3. The molecule has 0 aliphatic rings. The molecule has 4 aromatic rings. The minimum absolute atomic E-state index is 0.176. The molecule has 118 valence electrons. The van der Waals surface area contributed by atoms with Gasteiger partial charge in [0.1, 0.15) is 11.3 Å². The predicted molar refractivity (Wildman–Crippen MR) is 94.2 cm³/mol. The quantitative estimate of drug-likeness (QED) is 0.392. The van der Waals surface area contributed by atoms with Gasteiger partial charge in [-0.3, -0.25) is 4.79 Å². The molecular formula is C21H16O3. The summed E-state index contributed by atoms with van der Waals surface area (Å²) in [4.78, 5) is 12.3. The zero-order chi connectivity index (χ0) is 16.5. The Labute approximate surface area is 139 Å². The van der Waals surface area contributed by atoms with Crippen molar-refractivity contribution < 1.29 is 13.9 Å². The minimum atomic E-state index is -0.292. The van der Waals surface area contributed by atoms with E-state index in [0.29, 0.717) is 5.75 Å². The van der Waals surface area contributed by atoms with Crippen LogP contribution in [0, 0.1) is 6.92 Å². The van der Waals surface area contributed by atoms with Crippen LogP contribution in [0.2, 0.25) is 0 Å². The zero-order valence-electron chi connectivity index (χ0n) is 13.3. The lowest BCUT2D eigenvalue weighted by Gasteiger charge is -2.07. The van der Waals surface area contributed by atoms with Crippen molar-refractivity contribution in [3.8, 4) is 5.75 Å². The number of benzene rings is 3. The van der Waals surface area contributed by atoms with Crippen LogP contribution in [0.3, 0.4) is 0 Å². The van der Waals surface area contributed by atoms with Gasteiger partial charge in [0.05, 0.1) is 12.7 Å². The lowest BCUT2D eigenvalue weighted by atomic mass is 10.0. The van der Waals surface area contributed by atoms with E-state index in [1.165, 1.54) is 0 Å². The van der Waals surface area contributed by atoms with Gasteiger partial charge in [-0.15, -0.1) is 0 Å². The molecule has 0 amide bonds. The summed E-state index contributed by atoms with van der Waals surface area (Å²) in [6.07, 6.45) is 1.82. The molecule has 0 saturated carbocycles. The summed E-state index contributed by atoms with van der Waals surface area (Å²) < 4.78 is 11.1. The first-order valence-corrected chi connectivity index (χ1v) is 7.86. The lowest BCUT2D eigenvalue weighted by molar-refractivity contribution is -0.133. The average molecular weight is 316 g/mol. The number of ether oxygens (including phenoxy) is 1. The lowest BCUT2D eigenvalue weighted by Crippen LogP contribution is -2.11. The van der Waals surface area contributed by atoms with Crippen LogP contribution in [-0.4, -0.2) is 5.97 Å². The molecule has 0 unspecified atom stereocenters. The summed E-state index contributed by atoms with van der Waals surface area (Å²) in [6.45, 7) is 1.92. The molecule has 0 N–H and O–H groups in total. The van der Waals surface area contributed by atoms with Crippen molar-refractivity contribution in [1.29, 1.82) is 0 Å². The van der Waals surface area contributed by atoms with Gasteiger partial charge in [-0.1, -0.05) is 48.5 Å². The summed E-state index contributed by atoms with van der Waals surface area (Å²) in [6, 6.07) is 19.5. The van der Waals surface area contributed by atoms with Gasteiger partial charge >= 0.3 is 5.97 Å². The summed E-state index contributed by atoms with van der Waals surface area (Å²) >= 11 is 0. The van der Waals surface area contributed by atoms with Gasteiger partial charge in [-0.05, 0) is 35.4 Å². The number of hydrogen-bond acceptors (Lipinski definition) is 3. The number of esters is 1. The molecule has 0 bridgehead atoms. The Morgan fingerprint density at radius 2 is 1.79 bits per heavy atom. The fraction of sp³-hybridized carbons (Fsp3) is 0.0952. The number of rotatable bonds is 3. The normalized spacial score (nSPS) is 11.0. The number of carbonyl (C=O) groups is 1. The molecule has 3 heteroatoms. The molecule has 1 heterocycles. The van der Waals surface area contributed by atoms with Crippen LogP contribution in [0.5, 0.6) is 5.75 Å². The van der Waals surface area contributed by atoms with Gasteiger partial charge in [0, 0.05) is 10.9 Å². The molecular weight excluding hydrogens is 300 g/mol. The van der Waals surface area contributed by atoms with Crippen LogP contribution < -0.4 is 4.74 Å². The third-order valence-corrected chi connectivity index (χ3v) is 4.19. The Hall–Kier alpha value is -3.07. The number of carbonyl (C=O) groups excluding carboxylic acids is 1. The highest BCUT2D eigenvalue weighted by atomic mass is 16.5. The van der Waals surface area contributed by atoms with Gasteiger partial charge in [-0.25, -0.2) is 0 Å². The van der Waals surface area contributed by atoms with Gasteiger partial charge in [0.2, 0.25) is 0 Å². The third kappa shape index (κ3) is 2.54. The van der Waals surface area contributed by atoms with Crippen molar-refractivity contribution in [3.63, 3.8) is 0 Å². The van der Waals surface area contributed by atoms with Crippen LogP contribution >= 0.6 is 0 Å². The third-order valence-electron chi connectivity index (χ3n) is 4.19. The molecule has 3 aromatic carbocycles. The summed E-state index contributed by atoms with van der Waals surface area (Å²) in [7, 11) is 0. The van der Waals surface area contributed by atoms with E-state index in [1.807, 2.05) is 55.5 Å². The van der Waals surface area contributed by atoms with Gasteiger partial charge in [0.15, 0.2) is 0 Å². The van der Waals surface area contributed by atoms with Gasteiger partial charge in [0.25, 0.3) is 0 Å². The first-order valence-electron chi connectivity index (χ1n) is 7.86. The molecule has 0 fully saturated rings. The minimum Gasteiger partial charge on any atom is -0.464 e. The SMILES string of the molecule is Cc1ccccc1OC(=O)Cc1coc2ccc3ccccc3c12. The van der Waals surface area contributed by atoms with Gasteiger partial charge in [-0.2, -0.15) is 0 Å². The van der Waals surface area contributed by atoms with E-state index in [1.54, 1.807) is 12.3 Å². The standard InChI is InChI=1S/C21H16O3/c1-14-6-2-5-9-18(14)24-20(22)12-16-13-23-19-11-10-15-7-3-4-8-17(15)21(16)19/h2-11,13H,12H2,1H3. The van der Waals surface area contributed by atoms with E-state index in [4.69, 9.17) is 9.15 Å². The molecule has 0 atom stereocenters. The van der Waals surface area contributed by atoms with Crippen LogP contribution in [0.25, 0.3) is 21.7 Å². The van der Waals surface area contributed by atoms with E-state index in [0.717, 1.165) is 32.9 Å². The number of fused-ring (bicyclic) bond motifs is 3. The molecule has 0 saturated heterocycles. The van der Waals surface area contributed by atoms with Crippen molar-refractivity contribution in [3.05, 3.63) is 78.1 Å². The maximum Gasteiger partial charge on any atom is 0.315 e. The molecule has 1 aromatic heterocycles. The molecule has 0 spiro atoms. The monoisotopic (exact) mass is 316 g/mol. The fourth-order valence-corrected chi connectivity index (χ4v) is 2.99. The number of hydrogen-bond donors (Lipinski definition) is 0. The molecule has 0 radical (unpaired) electrons. The van der Waals surface area contributed by atoms with Crippen molar-refractivity contribution in [2.75, 3.05) is 0 Å². The van der Waals surface area contributed by atoms with E-state index in [2.05, 4.69) is 6.07 Å². The molecule has 4 rings (SSSR count). The Kier molecular flexibility index (Phi) is 3.54. The van der Waals surface area contributed by atoms with Crippen molar-refractivity contribution >= 4 is 27.7 Å². The van der Waals surface area contributed by atoms with Crippen LogP contribution in [-0.2, 0) is 11.2 Å². The second kappa shape index (κ2) is 5.85. The van der Waals surface area contributed by atoms with Crippen molar-refractivity contribution in [2.45, 2.75) is 13.3 Å². The molecule has 24 heavy (non-hydrogen) atoms. The Morgan fingerprint density at radius 1 is 1.00 bits per heavy atom. The van der Waals surface area contributed by atoms with Crippen LogP contribution in [0.4, 0.5) is 0 Å². The maximum absolute atomic E-state index is 12.3. The van der Waals surface area contributed by atoms with E-state index in [9.17, 15) is 4.79 Å². The molecule has 0 aliphatic carbocycles. The Balaban J connectivity index is 1.68. The summed E-state index contributed by atoms with van der Waals surface area (Å²) in [5.41, 5.74) is 2.57. The topological polar surface area (TPSA) is 39.4 Å². The number of aryl methyl sites for hydroxylation is 1. The molecule has 0 aliphatic heterocycles. The highest BCUT2D eigenvalue weighted by molar-refractivity contribution is 6.08. The second-order valence-corrected chi connectivity index (χ2v) is 5.84. The molecule has 3 nitrogen and oxygen atoms in total. The smallest absolute Gasteiger partial charge is 0.315 e. The van der Waals surface area contributed by atoms with E-state index < -0.39 is 0 Å². The fourth-order valence-electron chi connectivity index (χ4n) is 2.99. The van der Waals surface area contributed by atoms with Crippen LogP contribution in [0.1, 0.15) is 11.1 Å². The van der Waals surface area contributed by atoms with Crippen LogP contribution in [0.15, 0.2) is 71.3 Å². The summed E-state index contributed by atoms with van der Waals surface area (Å²) in [5, 5.41) is 3.19. The number of para-hydroxylation sites is 1. The van der Waals surface area contributed by atoms with Crippen molar-refractivity contribution in [1.82, 2.24) is 0 Å². The van der Waals surface area contributed by atoms with Crippen molar-refractivity contribution in [2.24, 2.45) is 0 Å². The van der Waals surface area contributed by atoms with Gasteiger partial charge < -0.3 is 9.15 Å². The highest BCUT2D eigenvalue weighted by Crippen LogP contribution is 2.30. The van der Waals surface area contributed by atoms with E-state index >= 15 is 0 Å². The van der Waals surface area contributed by atoms with E-state index in [-0.39, 0.29) is 12.4 Å². The first-order chi connectivity index (χ1) is 11.7. The largest absolute Gasteiger partial charge is 0.464 e. The Morgan fingerprint density at radius 3 is 2.67 bits per heavy atom. The Bertz CT molecular complexity index is 1040. The number of furan rings is 1. The highest BCUT2D eigenvalue weighted by Gasteiger charge is 2.15. The summed E-state index contributed by atoms with van der Waals surface area (Å²) in [5.74, 6) is 0.306. The maximum atomic E-state index is 12.3. The predicted octanol–water partition coefficient (Wildman–Crippen LogP) is 5.04. The second-order valence-electron chi connectivity index (χ2n) is 5.84.